The molecule has 5 rings (SSSR count). The van der Waals surface area contributed by atoms with Gasteiger partial charge < -0.3 is 29.6 Å². The van der Waals surface area contributed by atoms with E-state index in [1.807, 2.05) is 30.3 Å². The lowest BCUT2D eigenvalue weighted by molar-refractivity contribution is 0.260. The first-order valence-electron chi connectivity index (χ1n) is 14.3. The molecule has 1 aliphatic heterocycles. The van der Waals surface area contributed by atoms with E-state index in [9.17, 15) is 0 Å². The topological polar surface area (TPSA) is 87.2 Å². The zero-order valence-electron chi connectivity index (χ0n) is 24.9. The van der Waals surface area contributed by atoms with E-state index in [1.54, 1.807) is 28.4 Å². The lowest BCUT2D eigenvalue weighted by Gasteiger charge is -2.37. The Morgan fingerprint density at radius 1 is 0.786 bits per heavy atom. The number of nitrogens with two attached hydrogens (primary N) is 1. The van der Waals surface area contributed by atoms with Crippen LogP contribution in [0.15, 0.2) is 48.5 Å². The molecule has 0 unspecified atom stereocenters. The maximum Gasteiger partial charge on any atom is 0.162 e. The monoisotopic (exact) mass is 593 g/mol. The van der Waals surface area contributed by atoms with Crippen LogP contribution < -0.4 is 29.6 Å². The van der Waals surface area contributed by atoms with Gasteiger partial charge in [-0.2, -0.15) is 5.10 Å². The Balaban J connectivity index is 1.31. The molecular formula is C32H40ClN5O4. The van der Waals surface area contributed by atoms with Crippen LogP contribution in [0.1, 0.15) is 16.8 Å². The zero-order valence-corrected chi connectivity index (χ0v) is 25.6. The number of fused-ring (bicyclic) bond motifs is 1. The average Bonchev–Trinajstić information content (AvgIpc) is 3.38. The Labute approximate surface area is 252 Å². The Kier molecular flexibility index (Phi) is 9.62. The molecule has 10 heteroatoms. The van der Waals surface area contributed by atoms with Gasteiger partial charge in [-0.15, -0.1) is 0 Å². The van der Waals surface area contributed by atoms with Crippen molar-refractivity contribution in [2.24, 2.45) is 5.73 Å². The Morgan fingerprint density at radius 3 is 2.17 bits per heavy atom. The van der Waals surface area contributed by atoms with Gasteiger partial charge in [0.1, 0.15) is 0 Å². The van der Waals surface area contributed by atoms with Crippen LogP contribution in [0.5, 0.6) is 23.0 Å². The zero-order chi connectivity index (χ0) is 29.6. The number of nitrogens with zero attached hydrogens (tertiary/aromatic N) is 4. The molecule has 4 aromatic rings. The normalized spacial score (nSPS) is 13.9. The number of rotatable bonds is 12. The highest BCUT2D eigenvalue weighted by Crippen LogP contribution is 2.35. The fourth-order valence-corrected chi connectivity index (χ4v) is 5.96. The van der Waals surface area contributed by atoms with E-state index in [1.165, 1.54) is 0 Å². The molecule has 0 amide bonds. The standard InChI is InChI=1S/C32H40ClN5O4/c1-39-29-9-8-22(18-30(29)40-2)10-13-38-28-20-32(42-4)31(41-3)19-23(28)26(35-38)11-12-36-14-16-37(17-15-36)27-7-5-6-25(33)24(27)21-34/h5-9,18-20H,10-17,21,34H2,1-4H3. The van der Waals surface area contributed by atoms with Gasteiger partial charge in [0.2, 0.25) is 0 Å². The van der Waals surface area contributed by atoms with Gasteiger partial charge in [0, 0.05) is 80.0 Å². The van der Waals surface area contributed by atoms with Gasteiger partial charge in [0.05, 0.1) is 39.6 Å². The lowest BCUT2D eigenvalue weighted by atomic mass is 10.1. The molecule has 3 aromatic carbocycles. The number of piperazine rings is 1. The summed E-state index contributed by atoms with van der Waals surface area (Å²) in [5.74, 6) is 2.84. The van der Waals surface area contributed by atoms with Crippen molar-refractivity contribution in [1.29, 1.82) is 0 Å². The first-order chi connectivity index (χ1) is 20.5. The van der Waals surface area contributed by atoms with Crippen LogP contribution >= 0.6 is 11.6 Å². The minimum absolute atomic E-state index is 0.436. The third-order valence-electron chi connectivity index (χ3n) is 8.07. The molecule has 0 spiro atoms. The predicted molar refractivity (Wildman–Crippen MR) is 168 cm³/mol. The van der Waals surface area contributed by atoms with E-state index >= 15 is 0 Å². The second-order valence-electron chi connectivity index (χ2n) is 10.4. The first-order valence-corrected chi connectivity index (χ1v) is 14.6. The smallest absolute Gasteiger partial charge is 0.162 e. The number of hydrogen-bond acceptors (Lipinski definition) is 8. The highest BCUT2D eigenvalue weighted by molar-refractivity contribution is 6.31. The third-order valence-corrected chi connectivity index (χ3v) is 8.42. The fraction of sp³-hybridized carbons (Fsp3) is 0.406. The maximum atomic E-state index is 6.41. The maximum absolute atomic E-state index is 6.41. The van der Waals surface area contributed by atoms with E-state index in [0.717, 1.165) is 95.5 Å². The van der Waals surface area contributed by atoms with Crippen LogP contribution in [-0.4, -0.2) is 75.8 Å². The molecule has 224 valence electrons. The number of ether oxygens (including phenoxy) is 4. The Hall–Kier alpha value is -3.66. The van der Waals surface area contributed by atoms with E-state index < -0.39 is 0 Å². The van der Waals surface area contributed by atoms with Crippen molar-refractivity contribution >= 4 is 28.2 Å². The summed E-state index contributed by atoms with van der Waals surface area (Å²) in [5, 5.41) is 6.92. The number of anilines is 1. The van der Waals surface area contributed by atoms with Crippen molar-refractivity contribution < 1.29 is 18.9 Å². The molecular weight excluding hydrogens is 554 g/mol. The highest BCUT2D eigenvalue weighted by Gasteiger charge is 2.21. The second-order valence-corrected chi connectivity index (χ2v) is 10.8. The summed E-state index contributed by atoms with van der Waals surface area (Å²) in [4.78, 5) is 4.89. The van der Waals surface area contributed by atoms with Gasteiger partial charge >= 0.3 is 0 Å². The quantitative estimate of drug-likeness (QED) is 0.251. The molecule has 0 bridgehead atoms. The van der Waals surface area contributed by atoms with Crippen molar-refractivity contribution in [2.75, 3.05) is 66.1 Å². The predicted octanol–water partition coefficient (Wildman–Crippen LogP) is 4.79. The number of halogens is 1. The number of methoxy groups -OCH3 is 4. The molecule has 42 heavy (non-hydrogen) atoms. The van der Waals surface area contributed by atoms with Crippen molar-refractivity contribution in [1.82, 2.24) is 14.7 Å². The summed E-state index contributed by atoms with van der Waals surface area (Å²) in [6.07, 6.45) is 1.63. The summed E-state index contributed by atoms with van der Waals surface area (Å²) in [7, 11) is 6.63. The SMILES string of the molecule is COc1ccc(CCn2nc(CCN3CCN(c4cccc(Cl)c4CN)CC3)c3cc(OC)c(OC)cc32)cc1OC. The van der Waals surface area contributed by atoms with Gasteiger partial charge in [-0.1, -0.05) is 23.7 Å². The fourth-order valence-electron chi connectivity index (χ4n) is 5.71. The van der Waals surface area contributed by atoms with Crippen LogP contribution in [-0.2, 0) is 25.9 Å². The van der Waals surface area contributed by atoms with Crippen molar-refractivity contribution in [3.8, 4) is 23.0 Å². The van der Waals surface area contributed by atoms with Crippen molar-refractivity contribution in [3.05, 3.63) is 70.4 Å². The molecule has 0 aliphatic carbocycles. The largest absolute Gasteiger partial charge is 0.493 e. The summed E-state index contributed by atoms with van der Waals surface area (Å²) in [5.41, 5.74) is 11.4. The van der Waals surface area contributed by atoms with Crippen LogP contribution in [0.2, 0.25) is 5.02 Å². The summed E-state index contributed by atoms with van der Waals surface area (Å²) in [6, 6.07) is 16.1. The van der Waals surface area contributed by atoms with Gasteiger partial charge in [0.25, 0.3) is 0 Å². The van der Waals surface area contributed by atoms with Gasteiger partial charge in [-0.25, -0.2) is 0 Å². The molecule has 1 aliphatic rings. The van der Waals surface area contributed by atoms with Crippen LogP contribution in [0.4, 0.5) is 5.69 Å². The van der Waals surface area contributed by atoms with Gasteiger partial charge in [-0.3, -0.25) is 9.58 Å². The molecule has 0 saturated carbocycles. The summed E-state index contributed by atoms with van der Waals surface area (Å²) in [6.45, 7) is 5.85. The molecule has 2 heterocycles. The van der Waals surface area contributed by atoms with E-state index in [2.05, 4.69) is 32.7 Å². The van der Waals surface area contributed by atoms with Gasteiger partial charge in [0.15, 0.2) is 23.0 Å². The Morgan fingerprint density at radius 2 is 1.48 bits per heavy atom. The first kappa shape index (κ1) is 29.8. The number of aryl methyl sites for hydroxylation is 2. The summed E-state index contributed by atoms with van der Waals surface area (Å²) >= 11 is 6.41. The average molecular weight is 594 g/mol. The molecule has 0 atom stereocenters. The third kappa shape index (κ3) is 6.23. The second kappa shape index (κ2) is 13.5. The number of hydrogen-bond donors (Lipinski definition) is 1. The van der Waals surface area contributed by atoms with E-state index in [4.69, 9.17) is 41.4 Å². The van der Waals surface area contributed by atoms with Crippen molar-refractivity contribution in [2.45, 2.75) is 25.9 Å². The minimum Gasteiger partial charge on any atom is -0.493 e. The molecule has 9 nitrogen and oxygen atoms in total. The van der Waals surface area contributed by atoms with Crippen molar-refractivity contribution in [3.63, 3.8) is 0 Å². The van der Waals surface area contributed by atoms with Crippen LogP contribution in [0.25, 0.3) is 10.9 Å². The molecule has 2 N–H and O–H groups in total. The minimum atomic E-state index is 0.436. The molecule has 0 radical (unpaired) electrons. The van der Waals surface area contributed by atoms with E-state index in [0.29, 0.717) is 24.6 Å². The lowest BCUT2D eigenvalue weighted by Crippen LogP contribution is -2.47. The number of benzene rings is 3. The van der Waals surface area contributed by atoms with E-state index in [-0.39, 0.29) is 0 Å². The van der Waals surface area contributed by atoms with Gasteiger partial charge in [-0.05, 0) is 42.3 Å². The highest BCUT2D eigenvalue weighted by atomic mass is 35.5. The molecule has 1 fully saturated rings. The Bertz CT molecular complexity index is 1520. The summed E-state index contributed by atoms with van der Waals surface area (Å²) < 4.78 is 24.2. The van der Waals surface area contributed by atoms with Crippen LogP contribution in [0, 0.1) is 0 Å². The van der Waals surface area contributed by atoms with Crippen LogP contribution in [0.3, 0.4) is 0 Å². The molecule has 1 aromatic heterocycles. The molecule has 1 saturated heterocycles. The number of aromatic nitrogens is 2.